The minimum atomic E-state index is -0.237. The number of halogens is 3. The van der Waals surface area contributed by atoms with Crippen molar-refractivity contribution in [2.24, 2.45) is 0 Å². The Kier molecular flexibility index (Phi) is 6.22. The minimum Gasteiger partial charge on any atom is -0.310 e. The minimum absolute atomic E-state index is 0.156. The molecule has 0 aliphatic carbocycles. The van der Waals surface area contributed by atoms with Crippen molar-refractivity contribution < 1.29 is 4.39 Å². The monoisotopic (exact) mass is 369 g/mol. The first kappa shape index (κ1) is 16.5. The lowest BCUT2D eigenvalue weighted by molar-refractivity contribution is 0.527. The maximum atomic E-state index is 13.4. The summed E-state index contributed by atoms with van der Waals surface area (Å²) < 4.78 is 13.9. The van der Waals surface area contributed by atoms with E-state index in [1.54, 1.807) is 0 Å². The van der Waals surface area contributed by atoms with Gasteiger partial charge in [0.15, 0.2) is 0 Å². The van der Waals surface area contributed by atoms with Crippen LogP contribution in [0.15, 0.2) is 46.9 Å². The van der Waals surface area contributed by atoms with Crippen molar-refractivity contribution in [3.63, 3.8) is 0 Å². The molecule has 0 aromatic heterocycles. The van der Waals surface area contributed by atoms with Gasteiger partial charge in [0.25, 0.3) is 0 Å². The molecule has 0 saturated heterocycles. The molecule has 2 aromatic rings. The van der Waals surface area contributed by atoms with Gasteiger partial charge in [-0.05, 0) is 70.7 Å². The molecule has 4 heteroatoms. The summed E-state index contributed by atoms with van der Waals surface area (Å²) in [5.74, 6) is -0.237. The molecular weight excluding hydrogens is 353 g/mol. The summed E-state index contributed by atoms with van der Waals surface area (Å²) in [5.41, 5.74) is 2.28. The standard InChI is InChI=1S/C17H18BrClFN/c1-2-9-21-17(10-12-3-6-14(19)7-4-12)13-5-8-16(20)15(18)11-13/h3-8,11,17,21H,2,9-10H2,1H3. The van der Waals surface area contributed by atoms with E-state index in [1.165, 1.54) is 11.6 Å². The van der Waals surface area contributed by atoms with Gasteiger partial charge in [0.1, 0.15) is 5.82 Å². The number of hydrogen-bond donors (Lipinski definition) is 1. The zero-order chi connectivity index (χ0) is 15.2. The largest absolute Gasteiger partial charge is 0.310 e. The average Bonchev–Trinajstić information content (AvgIpc) is 2.48. The van der Waals surface area contributed by atoms with Crippen LogP contribution in [0.25, 0.3) is 0 Å². The van der Waals surface area contributed by atoms with Gasteiger partial charge in [-0.3, -0.25) is 0 Å². The quantitative estimate of drug-likeness (QED) is 0.705. The van der Waals surface area contributed by atoms with Crippen LogP contribution in [-0.2, 0) is 6.42 Å². The van der Waals surface area contributed by atoms with Gasteiger partial charge >= 0.3 is 0 Å². The first-order valence-electron chi connectivity index (χ1n) is 7.03. The summed E-state index contributed by atoms with van der Waals surface area (Å²) in [6.07, 6.45) is 1.90. The highest BCUT2D eigenvalue weighted by Crippen LogP contribution is 2.24. The third-order valence-corrected chi connectivity index (χ3v) is 4.20. The molecule has 0 fully saturated rings. The zero-order valence-corrected chi connectivity index (χ0v) is 14.2. The Labute approximate surface area is 138 Å². The maximum Gasteiger partial charge on any atom is 0.137 e. The van der Waals surface area contributed by atoms with E-state index in [0.717, 1.165) is 30.0 Å². The van der Waals surface area contributed by atoms with Crippen LogP contribution in [0.4, 0.5) is 4.39 Å². The highest BCUT2D eigenvalue weighted by molar-refractivity contribution is 9.10. The first-order valence-corrected chi connectivity index (χ1v) is 8.20. The molecule has 0 amide bonds. The van der Waals surface area contributed by atoms with E-state index in [4.69, 9.17) is 11.6 Å². The Morgan fingerprint density at radius 3 is 2.52 bits per heavy atom. The van der Waals surface area contributed by atoms with Gasteiger partial charge in [-0.2, -0.15) is 0 Å². The Balaban J connectivity index is 2.20. The second kappa shape index (κ2) is 7.92. The van der Waals surface area contributed by atoms with Crippen molar-refractivity contribution in [3.05, 3.63) is 68.9 Å². The van der Waals surface area contributed by atoms with Gasteiger partial charge in [0.2, 0.25) is 0 Å². The molecule has 1 atom stereocenters. The molecule has 21 heavy (non-hydrogen) atoms. The number of rotatable bonds is 6. The summed E-state index contributed by atoms with van der Waals surface area (Å²) in [5, 5.41) is 4.26. The van der Waals surface area contributed by atoms with E-state index >= 15 is 0 Å². The van der Waals surface area contributed by atoms with Crippen LogP contribution >= 0.6 is 27.5 Å². The van der Waals surface area contributed by atoms with Gasteiger partial charge < -0.3 is 5.32 Å². The fraction of sp³-hybridized carbons (Fsp3) is 0.294. The SMILES string of the molecule is CCCNC(Cc1ccc(Cl)cc1)c1ccc(F)c(Br)c1. The molecule has 2 aromatic carbocycles. The van der Waals surface area contributed by atoms with Gasteiger partial charge in [0, 0.05) is 11.1 Å². The van der Waals surface area contributed by atoms with Crippen molar-refractivity contribution in [1.29, 1.82) is 0 Å². The van der Waals surface area contributed by atoms with Gasteiger partial charge in [-0.1, -0.05) is 36.7 Å². The lowest BCUT2D eigenvalue weighted by atomic mass is 9.98. The molecule has 0 spiro atoms. The van der Waals surface area contributed by atoms with E-state index in [2.05, 4.69) is 28.2 Å². The van der Waals surface area contributed by atoms with E-state index in [-0.39, 0.29) is 11.9 Å². The van der Waals surface area contributed by atoms with Crippen molar-refractivity contribution in [1.82, 2.24) is 5.32 Å². The molecule has 0 heterocycles. The van der Waals surface area contributed by atoms with Crippen LogP contribution in [0.1, 0.15) is 30.5 Å². The number of benzene rings is 2. The number of hydrogen-bond acceptors (Lipinski definition) is 1. The Morgan fingerprint density at radius 2 is 1.90 bits per heavy atom. The normalized spacial score (nSPS) is 12.4. The average molecular weight is 371 g/mol. The summed E-state index contributed by atoms with van der Waals surface area (Å²) in [6, 6.07) is 13.2. The van der Waals surface area contributed by atoms with Crippen LogP contribution < -0.4 is 5.32 Å². The summed E-state index contributed by atoms with van der Waals surface area (Å²) in [7, 11) is 0. The molecule has 2 rings (SSSR count). The van der Waals surface area contributed by atoms with Crippen LogP contribution in [0.2, 0.25) is 5.02 Å². The maximum absolute atomic E-state index is 13.4. The second-order valence-electron chi connectivity index (χ2n) is 5.01. The summed E-state index contributed by atoms with van der Waals surface area (Å²) in [4.78, 5) is 0. The zero-order valence-electron chi connectivity index (χ0n) is 11.9. The van der Waals surface area contributed by atoms with Crippen LogP contribution in [0.5, 0.6) is 0 Å². The third-order valence-electron chi connectivity index (χ3n) is 3.34. The molecule has 1 unspecified atom stereocenters. The molecule has 112 valence electrons. The van der Waals surface area contributed by atoms with Crippen molar-refractivity contribution in [2.45, 2.75) is 25.8 Å². The second-order valence-corrected chi connectivity index (χ2v) is 6.30. The highest BCUT2D eigenvalue weighted by atomic mass is 79.9. The number of nitrogens with one attached hydrogen (secondary N) is 1. The van der Waals surface area contributed by atoms with Gasteiger partial charge in [-0.25, -0.2) is 4.39 Å². The Hall–Kier alpha value is -0.900. The molecule has 1 nitrogen and oxygen atoms in total. The van der Waals surface area contributed by atoms with Crippen LogP contribution in [0.3, 0.4) is 0 Å². The van der Waals surface area contributed by atoms with E-state index in [9.17, 15) is 4.39 Å². The molecular formula is C17H18BrClFN. The van der Waals surface area contributed by atoms with Crippen LogP contribution in [-0.4, -0.2) is 6.54 Å². The van der Waals surface area contributed by atoms with Gasteiger partial charge in [-0.15, -0.1) is 0 Å². The van der Waals surface area contributed by atoms with Crippen LogP contribution in [0, 0.1) is 5.82 Å². The fourth-order valence-electron chi connectivity index (χ4n) is 2.21. The molecule has 0 saturated carbocycles. The van der Waals surface area contributed by atoms with Crippen molar-refractivity contribution >= 4 is 27.5 Å². The predicted molar refractivity (Wildman–Crippen MR) is 90.3 cm³/mol. The smallest absolute Gasteiger partial charge is 0.137 e. The molecule has 0 bridgehead atoms. The van der Waals surface area contributed by atoms with Crippen molar-refractivity contribution in [3.8, 4) is 0 Å². The van der Waals surface area contributed by atoms with E-state index in [1.807, 2.05) is 36.4 Å². The molecule has 0 aliphatic rings. The van der Waals surface area contributed by atoms with E-state index < -0.39 is 0 Å². The summed E-state index contributed by atoms with van der Waals surface area (Å²) >= 11 is 9.18. The fourth-order valence-corrected chi connectivity index (χ4v) is 2.73. The van der Waals surface area contributed by atoms with Crippen molar-refractivity contribution in [2.75, 3.05) is 6.54 Å². The van der Waals surface area contributed by atoms with Gasteiger partial charge in [0.05, 0.1) is 4.47 Å². The third kappa shape index (κ3) is 4.80. The summed E-state index contributed by atoms with van der Waals surface area (Å²) in [6.45, 7) is 3.06. The predicted octanol–water partition coefficient (Wildman–Crippen LogP) is 5.53. The highest BCUT2D eigenvalue weighted by Gasteiger charge is 2.13. The first-order chi connectivity index (χ1) is 10.1. The molecule has 1 N–H and O–H groups in total. The Morgan fingerprint density at radius 1 is 1.19 bits per heavy atom. The Bertz CT molecular complexity index is 586. The lowest BCUT2D eigenvalue weighted by Gasteiger charge is -2.20. The lowest BCUT2D eigenvalue weighted by Crippen LogP contribution is -2.24. The molecule has 0 radical (unpaired) electrons. The topological polar surface area (TPSA) is 12.0 Å². The molecule has 0 aliphatic heterocycles. The van der Waals surface area contributed by atoms with E-state index in [0.29, 0.717) is 4.47 Å².